The molecule has 3 rings (SSSR count). The molecule has 7 heteroatoms. The second-order valence-electron chi connectivity index (χ2n) is 6.23. The molecule has 1 N–H and O–H groups in total. The Morgan fingerprint density at radius 1 is 1.11 bits per heavy atom. The van der Waals surface area contributed by atoms with E-state index in [1.54, 1.807) is 36.4 Å². The van der Waals surface area contributed by atoms with Crippen molar-refractivity contribution in [2.45, 2.75) is 13.8 Å². The molecule has 0 fully saturated rings. The largest absolute Gasteiger partial charge is 0.465 e. The van der Waals surface area contributed by atoms with Crippen molar-refractivity contribution >= 4 is 28.3 Å². The molecule has 1 aromatic heterocycles. The topological polar surface area (TPSA) is 90.3 Å². The maximum absolute atomic E-state index is 12.8. The quantitative estimate of drug-likeness (QED) is 0.721. The number of carbonyl (C=O) groups is 2. The molecule has 138 valence electrons. The second-order valence-corrected chi connectivity index (χ2v) is 6.23. The monoisotopic (exact) mass is 365 g/mol. The highest BCUT2D eigenvalue weighted by atomic mass is 16.5. The number of nitrogens with zero attached hydrogens (tertiary/aromatic N) is 2. The van der Waals surface area contributed by atoms with Crippen LogP contribution < -0.4 is 10.9 Å². The van der Waals surface area contributed by atoms with Crippen molar-refractivity contribution in [1.82, 2.24) is 9.78 Å². The minimum Gasteiger partial charge on any atom is -0.465 e. The molecule has 0 aliphatic rings. The number of aryl methyl sites for hydroxylation is 2. The SMILES string of the molecule is COC(=O)c1cc(NC(=O)c2nn(C)c(=O)c3ccccc23)cc(C)c1C. The molecule has 0 saturated carbocycles. The summed E-state index contributed by atoms with van der Waals surface area (Å²) in [6.07, 6.45) is 0. The van der Waals surface area contributed by atoms with Gasteiger partial charge in [-0.15, -0.1) is 0 Å². The predicted octanol–water partition coefficient (Wildman–Crippen LogP) is 2.59. The zero-order chi connectivity index (χ0) is 19.7. The molecular formula is C20H19N3O4. The van der Waals surface area contributed by atoms with Crippen molar-refractivity contribution < 1.29 is 14.3 Å². The average molecular weight is 365 g/mol. The number of benzene rings is 2. The van der Waals surface area contributed by atoms with Crippen molar-refractivity contribution in [3.63, 3.8) is 0 Å². The normalized spacial score (nSPS) is 10.7. The Hall–Kier alpha value is -3.48. The number of hydrogen-bond donors (Lipinski definition) is 1. The van der Waals surface area contributed by atoms with E-state index < -0.39 is 11.9 Å². The summed E-state index contributed by atoms with van der Waals surface area (Å²) in [7, 11) is 2.81. The summed E-state index contributed by atoms with van der Waals surface area (Å²) in [5.74, 6) is -0.946. The first-order valence-corrected chi connectivity index (χ1v) is 8.30. The standard InChI is InChI=1S/C20H19N3O4/c1-11-9-13(10-16(12(11)2)20(26)27-4)21-18(24)17-14-7-5-6-8-15(14)19(25)23(3)22-17/h5-10H,1-4H3,(H,21,24). The fourth-order valence-corrected chi connectivity index (χ4v) is 2.91. The summed E-state index contributed by atoms with van der Waals surface area (Å²) in [5.41, 5.74) is 2.30. The van der Waals surface area contributed by atoms with Gasteiger partial charge < -0.3 is 10.1 Å². The lowest BCUT2D eigenvalue weighted by Gasteiger charge is -2.13. The summed E-state index contributed by atoms with van der Waals surface area (Å²) in [6, 6.07) is 10.1. The van der Waals surface area contributed by atoms with Gasteiger partial charge in [0, 0.05) is 18.1 Å². The number of carbonyl (C=O) groups excluding carboxylic acids is 2. The number of ether oxygens (including phenoxy) is 1. The van der Waals surface area contributed by atoms with Gasteiger partial charge in [0.15, 0.2) is 5.69 Å². The fourth-order valence-electron chi connectivity index (χ4n) is 2.91. The maximum atomic E-state index is 12.8. The molecule has 0 radical (unpaired) electrons. The van der Waals surface area contributed by atoms with E-state index in [-0.39, 0.29) is 11.3 Å². The minimum atomic E-state index is -0.475. The molecule has 27 heavy (non-hydrogen) atoms. The summed E-state index contributed by atoms with van der Waals surface area (Å²) in [6.45, 7) is 3.66. The first-order chi connectivity index (χ1) is 12.8. The van der Waals surface area contributed by atoms with E-state index in [4.69, 9.17) is 4.74 Å². The van der Waals surface area contributed by atoms with E-state index in [1.165, 1.54) is 14.2 Å². The number of nitrogens with one attached hydrogen (secondary N) is 1. The van der Waals surface area contributed by atoms with E-state index in [9.17, 15) is 14.4 Å². The highest BCUT2D eigenvalue weighted by Gasteiger charge is 2.18. The lowest BCUT2D eigenvalue weighted by molar-refractivity contribution is 0.0599. The van der Waals surface area contributed by atoms with Crippen LogP contribution in [0.2, 0.25) is 0 Å². The van der Waals surface area contributed by atoms with Gasteiger partial charge in [0.25, 0.3) is 11.5 Å². The molecule has 0 aliphatic carbocycles. The number of methoxy groups -OCH3 is 1. The first kappa shape index (κ1) is 18.3. The number of esters is 1. The van der Waals surface area contributed by atoms with E-state index in [2.05, 4.69) is 10.4 Å². The summed E-state index contributed by atoms with van der Waals surface area (Å²) >= 11 is 0. The summed E-state index contributed by atoms with van der Waals surface area (Å²) < 4.78 is 5.94. The smallest absolute Gasteiger partial charge is 0.338 e. The van der Waals surface area contributed by atoms with Crippen LogP contribution >= 0.6 is 0 Å². The Bertz CT molecular complexity index is 1130. The van der Waals surface area contributed by atoms with Gasteiger partial charge in [-0.1, -0.05) is 18.2 Å². The van der Waals surface area contributed by atoms with Crippen LogP contribution in [0.15, 0.2) is 41.2 Å². The molecule has 0 saturated heterocycles. The van der Waals surface area contributed by atoms with Gasteiger partial charge in [-0.25, -0.2) is 9.48 Å². The molecule has 0 aliphatic heterocycles. The molecule has 2 aromatic carbocycles. The van der Waals surface area contributed by atoms with Crippen molar-refractivity contribution in [2.75, 3.05) is 12.4 Å². The van der Waals surface area contributed by atoms with E-state index >= 15 is 0 Å². The van der Waals surface area contributed by atoms with Gasteiger partial charge in [0.2, 0.25) is 0 Å². The Kier molecular flexibility index (Phi) is 4.77. The molecule has 0 unspecified atom stereocenters. The Morgan fingerprint density at radius 3 is 2.44 bits per heavy atom. The van der Waals surface area contributed by atoms with Gasteiger partial charge in [-0.05, 0) is 43.2 Å². The lowest BCUT2D eigenvalue weighted by atomic mass is 10.0. The van der Waals surface area contributed by atoms with Crippen molar-refractivity contribution in [2.24, 2.45) is 7.05 Å². The third-order valence-electron chi connectivity index (χ3n) is 4.50. The first-order valence-electron chi connectivity index (χ1n) is 8.30. The molecular weight excluding hydrogens is 346 g/mol. The van der Waals surface area contributed by atoms with Crippen molar-refractivity contribution in [1.29, 1.82) is 0 Å². The van der Waals surface area contributed by atoms with Crippen LogP contribution in [0, 0.1) is 13.8 Å². The van der Waals surface area contributed by atoms with Crippen molar-refractivity contribution in [3.8, 4) is 0 Å². The van der Waals surface area contributed by atoms with E-state index in [0.29, 0.717) is 22.0 Å². The average Bonchev–Trinajstić information content (AvgIpc) is 2.66. The third-order valence-corrected chi connectivity index (χ3v) is 4.50. The Balaban J connectivity index is 2.06. The minimum absolute atomic E-state index is 0.130. The molecule has 1 heterocycles. The Labute approximate surface area is 155 Å². The van der Waals surface area contributed by atoms with Crippen molar-refractivity contribution in [3.05, 3.63) is 69.1 Å². The van der Waals surface area contributed by atoms with Crippen LogP contribution in [0.25, 0.3) is 10.8 Å². The van der Waals surface area contributed by atoms with Crippen LogP contribution in [-0.2, 0) is 11.8 Å². The molecule has 0 bridgehead atoms. The van der Waals surface area contributed by atoms with Gasteiger partial charge in [0.1, 0.15) is 0 Å². The lowest BCUT2D eigenvalue weighted by Crippen LogP contribution is -2.25. The number of anilines is 1. The number of aromatic nitrogens is 2. The zero-order valence-electron chi connectivity index (χ0n) is 15.5. The zero-order valence-corrected chi connectivity index (χ0v) is 15.5. The van der Waals surface area contributed by atoms with Crippen LogP contribution in [0.4, 0.5) is 5.69 Å². The number of rotatable bonds is 3. The summed E-state index contributed by atoms with van der Waals surface area (Å²) in [4.78, 5) is 37.0. The van der Waals surface area contributed by atoms with Crippen LogP contribution in [-0.4, -0.2) is 28.8 Å². The number of fused-ring (bicyclic) bond motifs is 1. The molecule has 3 aromatic rings. The van der Waals surface area contributed by atoms with E-state index in [1.807, 2.05) is 13.8 Å². The van der Waals surface area contributed by atoms with Gasteiger partial charge in [-0.3, -0.25) is 9.59 Å². The maximum Gasteiger partial charge on any atom is 0.338 e. The molecule has 1 amide bonds. The van der Waals surface area contributed by atoms with Gasteiger partial charge in [0.05, 0.1) is 18.1 Å². The number of hydrogen-bond acceptors (Lipinski definition) is 5. The third kappa shape index (κ3) is 3.31. The predicted molar refractivity (Wildman–Crippen MR) is 102 cm³/mol. The molecule has 0 spiro atoms. The van der Waals surface area contributed by atoms with Crippen LogP contribution in [0.1, 0.15) is 32.0 Å². The summed E-state index contributed by atoms with van der Waals surface area (Å²) in [5, 5.41) is 7.75. The van der Waals surface area contributed by atoms with Crippen LogP contribution in [0.5, 0.6) is 0 Å². The van der Waals surface area contributed by atoms with Crippen LogP contribution in [0.3, 0.4) is 0 Å². The fraction of sp³-hybridized carbons (Fsp3) is 0.200. The molecule has 0 atom stereocenters. The van der Waals surface area contributed by atoms with E-state index in [0.717, 1.165) is 15.8 Å². The van der Waals surface area contributed by atoms with Gasteiger partial charge >= 0.3 is 5.97 Å². The number of amides is 1. The highest BCUT2D eigenvalue weighted by Crippen LogP contribution is 2.22. The second kappa shape index (κ2) is 7.03. The highest BCUT2D eigenvalue weighted by molar-refractivity contribution is 6.11. The molecule has 7 nitrogen and oxygen atoms in total. The Morgan fingerprint density at radius 2 is 1.78 bits per heavy atom. The van der Waals surface area contributed by atoms with Gasteiger partial charge in [-0.2, -0.15) is 5.10 Å².